The number of benzene rings is 1. The molecule has 0 fully saturated rings. The Morgan fingerprint density at radius 1 is 1.47 bits per heavy atom. The Balaban J connectivity index is 2.76. The van der Waals surface area contributed by atoms with Crippen molar-refractivity contribution >= 4 is 23.6 Å². The van der Waals surface area contributed by atoms with Crippen LogP contribution in [0.5, 0.6) is 0 Å². The van der Waals surface area contributed by atoms with Gasteiger partial charge in [-0.2, -0.15) is 0 Å². The number of hydrogen-bond donors (Lipinski definition) is 0. The Kier molecular flexibility index (Phi) is 4.37. The molecule has 0 bridgehead atoms. The summed E-state index contributed by atoms with van der Waals surface area (Å²) >= 11 is 5.88. The molecule has 0 saturated heterocycles. The van der Waals surface area contributed by atoms with E-state index in [9.17, 15) is 4.79 Å². The van der Waals surface area contributed by atoms with Crippen LogP contribution in [0.2, 0.25) is 5.02 Å². The molecular formula is C12H13ClO2. The number of esters is 1. The first kappa shape index (κ1) is 11.8. The fourth-order valence-corrected chi connectivity index (χ4v) is 1.51. The predicted octanol–water partition coefficient (Wildman–Crippen LogP) is 3.22. The van der Waals surface area contributed by atoms with Gasteiger partial charge in [-0.25, -0.2) is 4.79 Å². The highest BCUT2D eigenvalue weighted by molar-refractivity contribution is 6.30. The molecule has 0 atom stereocenters. The van der Waals surface area contributed by atoms with Gasteiger partial charge in [0.1, 0.15) is 0 Å². The van der Waals surface area contributed by atoms with E-state index in [1.807, 2.05) is 19.1 Å². The third-order valence-corrected chi connectivity index (χ3v) is 1.98. The maximum Gasteiger partial charge on any atom is 0.330 e. The van der Waals surface area contributed by atoms with Crippen molar-refractivity contribution in [2.45, 2.75) is 13.8 Å². The van der Waals surface area contributed by atoms with Crippen LogP contribution in [0.25, 0.3) is 6.08 Å². The van der Waals surface area contributed by atoms with Gasteiger partial charge in [-0.1, -0.05) is 17.7 Å². The molecule has 0 aromatic heterocycles. The number of hydrogen-bond acceptors (Lipinski definition) is 2. The van der Waals surface area contributed by atoms with Crippen molar-refractivity contribution in [3.63, 3.8) is 0 Å². The van der Waals surface area contributed by atoms with E-state index in [1.54, 1.807) is 19.1 Å². The van der Waals surface area contributed by atoms with Crippen molar-refractivity contribution < 1.29 is 9.53 Å². The topological polar surface area (TPSA) is 26.3 Å². The van der Waals surface area contributed by atoms with Gasteiger partial charge in [-0.3, -0.25) is 0 Å². The molecule has 1 aromatic rings. The highest BCUT2D eigenvalue weighted by Gasteiger charge is 1.96. The van der Waals surface area contributed by atoms with Gasteiger partial charge in [0.15, 0.2) is 0 Å². The normalized spacial score (nSPS) is 10.6. The average Bonchev–Trinajstić information content (AvgIpc) is 2.14. The Labute approximate surface area is 94.5 Å². The van der Waals surface area contributed by atoms with Gasteiger partial charge in [0.05, 0.1) is 6.61 Å². The molecule has 2 nitrogen and oxygen atoms in total. The van der Waals surface area contributed by atoms with Crippen LogP contribution >= 0.6 is 11.6 Å². The molecule has 0 radical (unpaired) electrons. The van der Waals surface area contributed by atoms with Crippen molar-refractivity contribution in [3.05, 3.63) is 40.4 Å². The summed E-state index contributed by atoms with van der Waals surface area (Å²) in [5.41, 5.74) is 1.96. The van der Waals surface area contributed by atoms with Gasteiger partial charge in [0, 0.05) is 11.1 Å². The van der Waals surface area contributed by atoms with Gasteiger partial charge in [0.25, 0.3) is 0 Å². The molecule has 0 aliphatic rings. The molecule has 0 spiro atoms. The second-order valence-electron chi connectivity index (χ2n) is 3.15. The van der Waals surface area contributed by atoms with Crippen LogP contribution in [0.4, 0.5) is 0 Å². The van der Waals surface area contributed by atoms with E-state index >= 15 is 0 Å². The molecule has 0 unspecified atom stereocenters. The highest BCUT2D eigenvalue weighted by atomic mass is 35.5. The van der Waals surface area contributed by atoms with Crippen LogP contribution in [0.3, 0.4) is 0 Å². The third kappa shape index (κ3) is 4.17. The van der Waals surface area contributed by atoms with Crippen LogP contribution in [0.15, 0.2) is 24.3 Å². The quantitative estimate of drug-likeness (QED) is 0.582. The molecule has 0 aliphatic carbocycles. The fourth-order valence-electron chi connectivity index (χ4n) is 1.22. The number of carbonyl (C=O) groups excluding carboxylic acids is 1. The summed E-state index contributed by atoms with van der Waals surface area (Å²) < 4.78 is 4.77. The molecule has 0 amide bonds. The third-order valence-electron chi connectivity index (χ3n) is 1.76. The standard InChI is InChI=1S/C12H13ClO2/c1-3-15-12(14)5-4-10-6-9(2)7-11(13)8-10/h4-8H,3H2,1-2H3. The molecule has 1 rings (SSSR count). The largest absolute Gasteiger partial charge is 0.463 e. The minimum absolute atomic E-state index is 0.338. The van der Waals surface area contributed by atoms with E-state index in [1.165, 1.54) is 6.08 Å². The maximum absolute atomic E-state index is 11.0. The Bertz CT molecular complexity index is 363. The van der Waals surface area contributed by atoms with E-state index in [0.717, 1.165) is 11.1 Å². The Hall–Kier alpha value is -1.28. The van der Waals surface area contributed by atoms with Crippen LogP contribution in [0.1, 0.15) is 18.1 Å². The second-order valence-corrected chi connectivity index (χ2v) is 3.58. The molecule has 3 heteroatoms. The summed E-state index contributed by atoms with van der Waals surface area (Å²) in [7, 11) is 0. The van der Waals surface area contributed by atoms with Crippen LogP contribution in [0, 0.1) is 6.92 Å². The fraction of sp³-hybridized carbons (Fsp3) is 0.250. The van der Waals surface area contributed by atoms with Crippen LogP contribution in [-0.2, 0) is 9.53 Å². The molecule has 0 heterocycles. The van der Waals surface area contributed by atoms with Crippen molar-refractivity contribution in [1.29, 1.82) is 0 Å². The zero-order valence-electron chi connectivity index (χ0n) is 8.79. The van der Waals surface area contributed by atoms with Gasteiger partial charge < -0.3 is 4.74 Å². The molecule has 0 N–H and O–H groups in total. The highest BCUT2D eigenvalue weighted by Crippen LogP contribution is 2.15. The molecule has 1 aromatic carbocycles. The average molecular weight is 225 g/mol. The van der Waals surface area contributed by atoms with E-state index in [-0.39, 0.29) is 5.97 Å². The van der Waals surface area contributed by atoms with Gasteiger partial charge in [0.2, 0.25) is 0 Å². The van der Waals surface area contributed by atoms with Crippen molar-refractivity contribution in [1.82, 2.24) is 0 Å². The summed E-state index contributed by atoms with van der Waals surface area (Å²) in [6.07, 6.45) is 3.09. The smallest absolute Gasteiger partial charge is 0.330 e. The molecule has 15 heavy (non-hydrogen) atoms. The van der Waals surface area contributed by atoms with E-state index in [0.29, 0.717) is 11.6 Å². The zero-order chi connectivity index (χ0) is 11.3. The monoisotopic (exact) mass is 224 g/mol. The minimum Gasteiger partial charge on any atom is -0.463 e. The van der Waals surface area contributed by atoms with Crippen molar-refractivity contribution in [3.8, 4) is 0 Å². The Morgan fingerprint density at radius 2 is 2.20 bits per heavy atom. The lowest BCUT2D eigenvalue weighted by atomic mass is 10.1. The SMILES string of the molecule is CCOC(=O)C=Cc1cc(C)cc(Cl)c1. The number of carbonyl (C=O) groups is 1. The number of aryl methyl sites for hydroxylation is 1. The molecule has 0 aliphatic heterocycles. The van der Waals surface area contributed by atoms with Crippen molar-refractivity contribution in [2.24, 2.45) is 0 Å². The zero-order valence-corrected chi connectivity index (χ0v) is 9.54. The van der Waals surface area contributed by atoms with Gasteiger partial charge >= 0.3 is 5.97 Å². The number of rotatable bonds is 3. The summed E-state index contributed by atoms with van der Waals surface area (Å²) in [5.74, 6) is -0.338. The first-order chi connectivity index (χ1) is 7.11. The molecule has 0 saturated carbocycles. The maximum atomic E-state index is 11.0. The number of halogens is 1. The first-order valence-electron chi connectivity index (χ1n) is 4.74. The summed E-state index contributed by atoms with van der Waals surface area (Å²) in [5, 5.41) is 0.665. The summed E-state index contributed by atoms with van der Waals surface area (Å²) in [6, 6.07) is 5.61. The van der Waals surface area contributed by atoms with Crippen LogP contribution in [-0.4, -0.2) is 12.6 Å². The van der Waals surface area contributed by atoms with E-state index in [4.69, 9.17) is 16.3 Å². The lowest BCUT2D eigenvalue weighted by Crippen LogP contribution is -1.98. The van der Waals surface area contributed by atoms with Crippen molar-refractivity contribution in [2.75, 3.05) is 6.61 Å². The molecular weight excluding hydrogens is 212 g/mol. The number of ether oxygens (including phenoxy) is 1. The summed E-state index contributed by atoms with van der Waals surface area (Å²) in [6.45, 7) is 4.11. The summed E-state index contributed by atoms with van der Waals surface area (Å²) in [4.78, 5) is 11.0. The van der Waals surface area contributed by atoms with Gasteiger partial charge in [-0.05, 0) is 43.2 Å². The minimum atomic E-state index is -0.338. The Morgan fingerprint density at radius 3 is 2.80 bits per heavy atom. The lowest BCUT2D eigenvalue weighted by Gasteiger charge is -1.98. The lowest BCUT2D eigenvalue weighted by molar-refractivity contribution is -0.137. The first-order valence-corrected chi connectivity index (χ1v) is 5.11. The van der Waals surface area contributed by atoms with Crippen LogP contribution < -0.4 is 0 Å². The van der Waals surface area contributed by atoms with E-state index < -0.39 is 0 Å². The van der Waals surface area contributed by atoms with Gasteiger partial charge in [-0.15, -0.1) is 0 Å². The predicted molar refractivity (Wildman–Crippen MR) is 61.9 cm³/mol. The molecule has 80 valence electrons. The second kappa shape index (κ2) is 5.56. The van der Waals surface area contributed by atoms with E-state index in [2.05, 4.69) is 0 Å².